The number of nitrogens with one attached hydrogen (secondary N) is 1. The molecule has 1 N–H and O–H groups in total. The van der Waals surface area contributed by atoms with E-state index in [2.05, 4.69) is 52.4 Å². The normalized spacial score (nSPS) is 12.4. The van der Waals surface area contributed by atoms with E-state index >= 15 is 0 Å². The Hall–Kier alpha value is -0.840. The van der Waals surface area contributed by atoms with E-state index in [-0.39, 0.29) is 6.04 Å². The lowest BCUT2D eigenvalue weighted by Crippen LogP contribution is -2.23. The largest absolute Gasteiger partial charge is 0.496 e. The van der Waals surface area contributed by atoms with E-state index in [1.807, 2.05) is 12.1 Å². The summed E-state index contributed by atoms with van der Waals surface area (Å²) in [7, 11) is 1.73. The maximum atomic E-state index is 5.47. The van der Waals surface area contributed by atoms with E-state index < -0.39 is 0 Å². The van der Waals surface area contributed by atoms with Crippen molar-refractivity contribution >= 4 is 27.3 Å². The minimum atomic E-state index is 0.284. The van der Waals surface area contributed by atoms with Gasteiger partial charge in [-0.25, -0.2) is 0 Å². The van der Waals surface area contributed by atoms with Crippen LogP contribution in [0.4, 0.5) is 0 Å². The minimum absolute atomic E-state index is 0.284. The van der Waals surface area contributed by atoms with Crippen molar-refractivity contribution in [2.75, 3.05) is 13.7 Å². The molecule has 1 unspecified atom stereocenters. The molecule has 0 saturated heterocycles. The quantitative estimate of drug-likeness (QED) is 0.841. The summed E-state index contributed by atoms with van der Waals surface area (Å²) in [5.41, 5.74) is 1.22. The molecule has 0 aliphatic rings. The van der Waals surface area contributed by atoms with Gasteiger partial charge in [-0.1, -0.05) is 25.1 Å². The van der Waals surface area contributed by atoms with E-state index in [9.17, 15) is 0 Å². The van der Waals surface area contributed by atoms with Gasteiger partial charge in [0.15, 0.2) is 0 Å². The summed E-state index contributed by atoms with van der Waals surface area (Å²) in [5.74, 6) is 0.948. The Kier molecular flexibility index (Phi) is 5.43. The zero-order valence-corrected chi connectivity index (χ0v) is 13.6. The van der Waals surface area contributed by atoms with Gasteiger partial charge in [0.05, 0.1) is 10.9 Å². The summed E-state index contributed by atoms with van der Waals surface area (Å²) in [4.78, 5) is 1.36. The molecule has 1 atom stereocenters. The number of halogens is 1. The molecule has 1 aromatic heterocycles. The fourth-order valence-corrected chi connectivity index (χ4v) is 3.68. The lowest BCUT2D eigenvalue weighted by Gasteiger charge is -2.20. The number of rotatable bonds is 6. The molecule has 0 fully saturated rings. The Bertz CT molecular complexity index is 526. The van der Waals surface area contributed by atoms with E-state index in [0.717, 1.165) is 18.7 Å². The summed E-state index contributed by atoms with van der Waals surface area (Å²) >= 11 is 5.30. The van der Waals surface area contributed by atoms with Gasteiger partial charge in [-0.3, -0.25) is 0 Å². The van der Waals surface area contributed by atoms with Gasteiger partial charge >= 0.3 is 0 Å². The van der Waals surface area contributed by atoms with Crippen LogP contribution in [0.1, 0.15) is 23.4 Å². The molecule has 0 saturated carbocycles. The second kappa shape index (κ2) is 7.08. The molecule has 0 amide bonds. The first-order valence-corrected chi connectivity index (χ1v) is 7.96. The first-order valence-electron chi connectivity index (χ1n) is 6.35. The maximum Gasteiger partial charge on any atom is 0.123 e. The molecule has 0 aliphatic carbocycles. The van der Waals surface area contributed by atoms with Crippen molar-refractivity contribution in [2.45, 2.75) is 19.4 Å². The van der Waals surface area contributed by atoms with Gasteiger partial charge in [0.2, 0.25) is 0 Å². The van der Waals surface area contributed by atoms with Crippen molar-refractivity contribution in [3.05, 3.63) is 50.6 Å². The summed E-state index contributed by atoms with van der Waals surface area (Å²) in [5, 5.41) is 3.54. The number of methoxy groups -OCH3 is 1. The Morgan fingerprint density at radius 2 is 2.05 bits per heavy atom. The lowest BCUT2D eigenvalue weighted by molar-refractivity contribution is 0.399. The highest BCUT2D eigenvalue weighted by Gasteiger charge is 2.16. The van der Waals surface area contributed by atoms with Gasteiger partial charge in [0.25, 0.3) is 0 Å². The van der Waals surface area contributed by atoms with Gasteiger partial charge in [-0.05, 0) is 40.7 Å². The predicted molar refractivity (Wildman–Crippen MR) is 85.1 cm³/mol. The average molecular weight is 340 g/mol. The summed E-state index contributed by atoms with van der Waals surface area (Å²) < 4.78 is 6.65. The summed E-state index contributed by atoms with van der Waals surface area (Å²) in [6.45, 7) is 3.07. The SMILES string of the molecule is CCNC(Cc1ccc(Br)s1)c1ccccc1OC. The third kappa shape index (κ3) is 3.81. The molecule has 19 heavy (non-hydrogen) atoms. The highest BCUT2D eigenvalue weighted by Crippen LogP contribution is 2.30. The number of para-hydroxylation sites is 1. The Morgan fingerprint density at radius 1 is 1.26 bits per heavy atom. The smallest absolute Gasteiger partial charge is 0.123 e. The third-order valence-corrected chi connectivity index (χ3v) is 4.64. The molecule has 0 spiro atoms. The molecule has 2 rings (SSSR count). The lowest BCUT2D eigenvalue weighted by atomic mass is 10.0. The molecule has 0 radical (unpaired) electrons. The number of thiophene rings is 1. The standard InChI is InChI=1S/C15H18BrNOS/c1-3-17-13(10-11-8-9-15(16)19-11)12-6-4-5-7-14(12)18-2/h4-9,13,17H,3,10H2,1-2H3. The number of hydrogen-bond acceptors (Lipinski definition) is 3. The van der Waals surface area contributed by atoms with E-state index in [4.69, 9.17) is 4.74 Å². The van der Waals surface area contributed by atoms with E-state index in [1.165, 1.54) is 14.2 Å². The van der Waals surface area contributed by atoms with Gasteiger partial charge in [-0.2, -0.15) is 0 Å². The van der Waals surface area contributed by atoms with E-state index in [1.54, 1.807) is 18.4 Å². The molecule has 102 valence electrons. The van der Waals surface area contributed by atoms with Crippen molar-refractivity contribution in [1.82, 2.24) is 5.32 Å². The van der Waals surface area contributed by atoms with Crippen LogP contribution in [0, 0.1) is 0 Å². The van der Waals surface area contributed by atoms with Crippen LogP contribution in [0.25, 0.3) is 0 Å². The van der Waals surface area contributed by atoms with E-state index in [0.29, 0.717) is 0 Å². The minimum Gasteiger partial charge on any atom is -0.496 e. The van der Waals surface area contributed by atoms with Crippen molar-refractivity contribution in [2.24, 2.45) is 0 Å². The van der Waals surface area contributed by atoms with Gasteiger partial charge in [-0.15, -0.1) is 11.3 Å². The zero-order valence-electron chi connectivity index (χ0n) is 11.2. The van der Waals surface area contributed by atoms with Crippen LogP contribution in [-0.4, -0.2) is 13.7 Å². The zero-order chi connectivity index (χ0) is 13.7. The van der Waals surface area contributed by atoms with Crippen molar-refractivity contribution in [1.29, 1.82) is 0 Å². The molecule has 1 aromatic carbocycles. The Morgan fingerprint density at radius 3 is 2.68 bits per heavy atom. The first kappa shape index (κ1) is 14.6. The molecule has 0 bridgehead atoms. The van der Waals surface area contributed by atoms with Crippen LogP contribution >= 0.6 is 27.3 Å². The van der Waals surface area contributed by atoms with Crippen LogP contribution in [0.2, 0.25) is 0 Å². The van der Waals surface area contributed by atoms with Crippen LogP contribution in [-0.2, 0) is 6.42 Å². The number of benzene rings is 1. The monoisotopic (exact) mass is 339 g/mol. The molecule has 0 aliphatic heterocycles. The highest BCUT2D eigenvalue weighted by atomic mass is 79.9. The molecule has 4 heteroatoms. The molecule has 2 nitrogen and oxygen atoms in total. The van der Waals surface area contributed by atoms with Crippen molar-refractivity contribution in [3.8, 4) is 5.75 Å². The van der Waals surface area contributed by atoms with Crippen LogP contribution < -0.4 is 10.1 Å². The van der Waals surface area contributed by atoms with Crippen LogP contribution in [0.5, 0.6) is 5.75 Å². The van der Waals surface area contributed by atoms with Crippen LogP contribution in [0.15, 0.2) is 40.2 Å². The number of ether oxygens (including phenoxy) is 1. The van der Waals surface area contributed by atoms with Crippen molar-refractivity contribution < 1.29 is 4.74 Å². The molecule has 1 heterocycles. The molecule has 2 aromatic rings. The predicted octanol–water partition coefficient (Wildman–Crippen LogP) is 4.41. The number of hydrogen-bond donors (Lipinski definition) is 1. The topological polar surface area (TPSA) is 21.3 Å². The Balaban J connectivity index is 2.23. The summed E-state index contributed by atoms with van der Waals surface area (Å²) in [6.07, 6.45) is 0.977. The fraction of sp³-hybridized carbons (Fsp3) is 0.333. The van der Waals surface area contributed by atoms with Crippen LogP contribution in [0.3, 0.4) is 0 Å². The highest BCUT2D eigenvalue weighted by molar-refractivity contribution is 9.11. The fourth-order valence-electron chi connectivity index (χ4n) is 2.16. The maximum absolute atomic E-state index is 5.47. The van der Waals surface area contributed by atoms with Gasteiger partial charge in [0, 0.05) is 22.9 Å². The molecular weight excluding hydrogens is 322 g/mol. The Labute approximate surface area is 126 Å². The second-order valence-electron chi connectivity index (χ2n) is 4.26. The average Bonchev–Trinajstić information content (AvgIpc) is 2.84. The first-order chi connectivity index (χ1) is 9.24. The van der Waals surface area contributed by atoms with Crippen molar-refractivity contribution in [3.63, 3.8) is 0 Å². The van der Waals surface area contributed by atoms with Gasteiger partial charge < -0.3 is 10.1 Å². The number of likely N-dealkylation sites (N-methyl/N-ethyl adjacent to an activating group) is 1. The second-order valence-corrected chi connectivity index (χ2v) is 6.81. The van der Waals surface area contributed by atoms with Gasteiger partial charge in [0.1, 0.15) is 5.75 Å². The third-order valence-electron chi connectivity index (χ3n) is 3.00. The molecular formula is C15H18BrNOS. The summed E-state index contributed by atoms with van der Waals surface area (Å²) in [6, 6.07) is 12.8.